The maximum atomic E-state index is 10.7. The molecule has 0 N–H and O–H groups in total. The number of ether oxygens (including phenoxy) is 1. The van der Waals surface area contributed by atoms with Crippen molar-refractivity contribution >= 4 is 17.4 Å². The second-order valence-corrected chi connectivity index (χ2v) is 6.21. The van der Waals surface area contributed by atoms with Gasteiger partial charge in [-0.15, -0.1) is 0 Å². The molecule has 0 bridgehead atoms. The van der Waals surface area contributed by atoms with Crippen LogP contribution in [-0.4, -0.2) is 26.4 Å². The van der Waals surface area contributed by atoms with Crippen LogP contribution in [0.1, 0.15) is 44.9 Å². The van der Waals surface area contributed by atoms with E-state index >= 15 is 0 Å². The zero-order valence-corrected chi connectivity index (χ0v) is 12.0. The molecule has 1 aromatic rings. The number of nitro groups is 1. The van der Waals surface area contributed by atoms with E-state index < -0.39 is 4.92 Å². The lowest BCUT2D eigenvalue weighted by Crippen LogP contribution is -2.32. The van der Waals surface area contributed by atoms with Gasteiger partial charge < -0.3 is 14.9 Å². The van der Waals surface area contributed by atoms with Crippen molar-refractivity contribution in [3.05, 3.63) is 21.3 Å². The molecule has 3 rings (SSSR count). The van der Waals surface area contributed by atoms with Crippen molar-refractivity contribution in [1.29, 1.82) is 0 Å². The van der Waals surface area contributed by atoms with Gasteiger partial charge >= 0.3 is 5.82 Å². The van der Waals surface area contributed by atoms with Gasteiger partial charge in [-0.25, -0.2) is 0 Å². The summed E-state index contributed by atoms with van der Waals surface area (Å²) in [6, 6.07) is 0. The molecule has 1 atom stereocenters. The first-order chi connectivity index (χ1) is 9.58. The third-order valence-electron chi connectivity index (χ3n) is 4.37. The normalized spacial score (nSPS) is 25.1. The SMILES string of the molecule is O=[N+]([O-])c1nn(CC2CCC3(CCCCC3)O2)cc1Cl. The van der Waals surface area contributed by atoms with E-state index in [1.54, 1.807) is 0 Å². The molecule has 0 amide bonds. The molecule has 2 fully saturated rings. The first-order valence-electron chi connectivity index (χ1n) is 7.13. The van der Waals surface area contributed by atoms with E-state index in [0.29, 0.717) is 6.54 Å². The van der Waals surface area contributed by atoms with E-state index in [2.05, 4.69) is 5.10 Å². The Bertz CT molecular complexity index is 511. The molecular formula is C13H18ClN3O3. The number of nitrogens with zero attached hydrogens (tertiary/aromatic N) is 3. The summed E-state index contributed by atoms with van der Waals surface area (Å²) >= 11 is 5.80. The third kappa shape index (κ3) is 2.67. The minimum Gasteiger partial charge on any atom is -0.370 e. The average Bonchev–Trinajstić information content (AvgIpc) is 2.96. The van der Waals surface area contributed by atoms with Crippen molar-refractivity contribution in [2.45, 2.75) is 63.2 Å². The smallest absolute Gasteiger partial charge is 0.370 e. The molecule has 1 saturated carbocycles. The molecule has 6 nitrogen and oxygen atoms in total. The molecule has 1 unspecified atom stereocenters. The Hall–Kier alpha value is -1.14. The van der Waals surface area contributed by atoms with Gasteiger partial charge in [0.25, 0.3) is 0 Å². The van der Waals surface area contributed by atoms with Gasteiger partial charge in [0.2, 0.25) is 0 Å². The molecule has 110 valence electrons. The highest BCUT2D eigenvalue weighted by atomic mass is 35.5. The lowest BCUT2D eigenvalue weighted by Gasteiger charge is -2.33. The first-order valence-corrected chi connectivity index (χ1v) is 7.51. The van der Waals surface area contributed by atoms with Crippen LogP contribution in [0.4, 0.5) is 5.82 Å². The fourth-order valence-corrected chi connectivity index (χ4v) is 3.62. The Morgan fingerprint density at radius 3 is 2.85 bits per heavy atom. The van der Waals surface area contributed by atoms with Crippen LogP contribution in [0, 0.1) is 10.1 Å². The van der Waals surface area contributed by atoms with Crippen LogP contribution in [0.2, 0.25) is 5.02 Å². The molecule has 1 aromatic heterocycles. The Balaban J connectivity index is 1.64. The van der Waals surface area contributed by atoms with Gasteiger partial charge in [0.05, 0.1) is 29.5 Å². The highest BCUT2D eigenvalue weighted by molar-refractivity contribution is 6.32. The molecule has 7 heteroatoms. The summed E-state index contributed by atoms with van der Waals surface area (Å²) in [5, 5.41) is 14.7. The van der Waals surface area contributed by atoms with Crippen LogP contribution >= 0.6 is 11.6 Å². The van der Waals surface area contributed by atoms with Gasteiger partial charge in [0.1, 0.15) is 0 Å². The van der Waals surface area contributed by atoms with Gasteiger partial charge in [-0.1, -0.05) is 30.9 Å². The van der Waals surface area contributed by atoms with Crippen LogP contribution in [0.25, 0.3) is 0 Å². The Morgan fingerprint density at radius 1 is 1.45 bits per heavy atom. The van der Waals surface area contributed by atoms with Crippen LogP contribution < -0.4 is 0 Å². The summed E-state index contributed by atoms with van der Waals surface area (Å²) in [7, 11) is 0. The van der Waals surface area contributed by atoms with Crippen molar-refractivity contribution in [3.8, 4) is 0 Å². The van der Waals surface area contributed by atoms with E-state index in [-0.39, 0.29) is 22.5 Å². The van der Waals surface area contributed by atoms with Gasteiger partial charge in [-0.2, -0.15) is 4.68 Å². The lowest BCUT2D eigenvalue weighted by atomic mass is 9.83. The Kier molecular flexibility index (Phi) is 3.69. The van der Waals surface area contributed by atoms with Crippen LogP contribution in [-0.2, 0) is 11.3 Å². The van der Waals surface area contributed by atoms with Crippen molar-refractivity contribution in [3.63, 3.8) is 0 Å². The van der Waals surface area contributed by atoms with Crippen LogP contribution in [0.5, 0.6) is 0 Å². The minimum absolute atomic E-state index is 0.0613. The summed E-state index contributed by atoms with van der Waals surface area (Å²) in [6.07, 6.45) is 9.75. The zero-order valence-electron chi connectivity index (χ0n) is 11.3. The maximum Gasteiger partial charge on any atom is 0.408 e. The minimum atomic E-state index is -0.559. The fourth-order valence-electron chi connectivity index (χ4n) is 3.40. The maximum absolute atomic E-state index is 10.7. The molecule has 2 heterocycles. The van der Waals surface area contributed by atoms with Gasteiger partial charge in [0, 0.05) is 0 Å². The summed E-state index contributed by atoms with van der Waals surface area (Å²) < 4.78 is 7.76. The second-order valence-electron chi connectivity index (χ2n) is 5.80. The molecule has 0 radical (unpaired) electrons. The number of rotatable bonds is 3. The molecule has 2 aliphatic rings. The zero-order chi connectivity index (χ0) is 14.2. The van der Waals surface area contributed by atoms with Crippen molar-refractivity contribution in [2.75, 3.05) is 0 Å². The van der Waals surface area contributed by atoms with Crippen LogP contribution in [0.15, 0.2) is 6.20 Å². The highest BCUT2D eigenvalue weighted by Gasteiger charge is 2.41. The topological polar surface area (TPSA) is 70.2 Å². The van der Waals surface area contributed by atoms with Gasteiger partial charge in [-0.05, 0) is 30.6 Å². The first kappa shape index (κ1) is 13.8. The largest absolute Gasteiger partial charge is 0.408 e. The summed E-state index contributed by atoms with van der Waals surface area (Å²) in [6.45, 7) is 0.537. The molecule has 1 aliphatic heterocycles. The fraction of sp³-hybridized carbons (Fsp3) is 0.769. The molecule has 20 heavy (non-hydrogen) atoms. The van der Waals surface area contributed by atoms with E-state index in [4.69, 9.17) is 16.3 Å². The number of halogens is 1. The number of aromatic nitrogens is 2. The van der Waals surface area contributed by atoms with Crippen molar-refractivity contribution in [2.24, 2.45) is 0 Å². The average molecular weight is 300 g/mol. The van der Waals surface area contributed by atoms with E-state index in [1.807, 2.05) is 0 Å². The number of hydrogen-bond donors (Lipinski definition) is 0. The molecule has 1 aliphatic carbocycles. The van der Waals surface area contributed by atoms with Crippen molar-refractivity contribution < 1.29 is 9.66 Å². The van der Waals surface area contributed by atoms with Gasteiger partial charge in [0.15, 0.2) is 5.02 Å². The quantitative estimate of drug-likeness (QED) is 0.634. The highest BCUT2D eigenvalue weighted by Crippen LogP contribution is 2.42. The van der Waals surface area contributed by atoms with Gasteiger partial charge in [-0.3, -0.25) is 0 Å². The van der Waals surface area contributed by atoms with E-state index in [1.165, 1.54) is 30.1 Å². The molecule has 1 spiro atoms. The standard InChI is InChI=1S/C13H18ClN3O3/c14-11-9-16(15-12(11)17(18)19)8-10-4-7-13(20-10)5-2-1-3-6-13/h9-10H,1-8H2. The van der Waals surface area contributed by atoms with Crippen LogP contribution in [0.3, 0.4) is 0 Å². The molecule has 1 saturated heterocycles. The predicted octanol–water partition coefficient (Wildman–Crippen LogP) is 3.33. The Labute approximate surface area is 122 Å². The predicted molar refractivity (Wildman–Crippen MR) is 73.8 cm³/mol. The second kappa shape index (κ2) is 5.33. The molecule has 0 aromatic carbocycles. The lowest BCUT2D eigenvalue weighted by molar-refractivity contribution is -0.389. The van der Waals surface area contributed by atoms with E-state index in [0.717, 1.165) is 25.7 Å². The Morgan fingerprint density at radius 2 is 2.20 bits per heavy atom. The van der Waals surface area contributed by atoms with E-state index in [9.17, 15) is 10.1 Å². The summed E-state index contributed by atoms with van der Waals surface area (Å²) in [5.74, 6) is -0.281. The number of hydrogen-bond acceptors (Lipinski definition) is 4. The molecular weight excluding hydrogens is 282 g/mol. The summed E-state index contributed by atoms with van der Waals surface area (Å²) in [5.41, 5.74) is 0.0613. The van der Waals surface area contributed by atoms with Crippen molar-refractivity contribution in [1.82, 2.24) is 9.78 Å². The summed E-state index contributed by atoms with van der Waals surface area (Å²) in [4.78, 5) is 10.2. The monoisotopic (exact) mass is 299 g/mol. The third-order valence-corrected chi connectivity index (χ3v) is 4.63.